The molecular formula is C11H12N2S2. The molecule has 0 unspecified atom stereocenters. The molecule has 2 heterocycles. The van der Waals surface area contributed by atoms with Crippen molar-refractivity contribution >= 4 is 33.8 Å². The molecule has 0 aromatic carbocycles. The molecule has 4 heteroatoms. The van der Waals surface area contributed by atoms with Crippen LogP contribution in [0.1, 0.15) is 29.7 Å². The van der Waals surface area contributed by atoms with Gasteiger partial charge in [0.1, 0.15) is 9.47 Å². The lowest BCUT2D eigenvalue weighted by molar-refractivity contribution is 0.713. The van der Waals surface area contributed by atoms with Gasteiger partial charge in [-0.1, -0.05) is 18.6 Å². The van der Waals surface area contributed by atoms with Crippen LogP contribution in [0.4, 0.5) is 0 Å². The highest BCUT2D eigenvalue weighted by Gasteiger charge is 2.16. The predicted octanol–water partition coefficient (Wildman–Crippen LogP) is 3.62. The van der Waals surface area contributed by atoms with E-state index in [9.17, 15) is 0 Å². The molecule has 0 radical (unpaired) electrons. The van der Waals surface area contributed by atoms with E-state index in [1.54, 1.807) is 6.33 Å². The first kappa shape index (κ1) is 9.48. The maximum atomic E-state index is 5.35. The maximum Gasteiger partial charge on any atom is 0.128 e. The van der Waals surface area contributed by atoms with Crippen molar-refractivity contribution in [3.63, 3.8) is 0 Å². The molecule has 1 aliphatic rings. The molecule has 0 atom stereocenters. The van der Waals surface area contributed by atoms with E-state index in [0.29, 0.717) is 0 Å². The van der Waals surface area contributed by atoms with Crippen LogP contribution in [-0.2, 0) is 12.8 Å². The minimum Gasteiger partial charge on any atom is -0.337 e. The first-order chi connectivity index (χ1) is 7.36. The summed E-state index contributed by atoms with van der Waals surface area (Å²) in [6, 6.07) is 0. The number of rotatable bonds is 0. The summed E-state index contributed by atoms with van der Waals surface area (Å²) in [7, 11) is 0. The summed E-state index contributed by atoms with van der Waals surface area (Å²) in [5, 5.41) is 1.22. The van der Waals surface area contributed by atoms with Crippen molar-refractivity contribution in [3.05, 3.63) is 21.4 Å². The first-order valence-corrected chi connectivity index (χ1v) is 6.56. The Bertz CT molecular complexity index is 553. The lowest BCUT2D eigenvalue weighted by Crippen LogP contribution is -1.86. The van der Waals surface area contributed by atoms with Gasteiger partial charge in [-0.15, -0.1) is 11.3 Å². The van der Waals surface area contributed by atoms with Gasteiger partial charge in [0.25, 0.3) is 0 Å². The molecule has 1 N–H and O–H groups in total. The molecule has 3 rings (SSSR count). The molecule has 1 aliphatic carbocycles. The number of aryl methyl sites for hydroxylation is 2. The van der Waals surface area contributed by atoms with Crippen LogP contribution in [-0.4, -0.2) is 9.97 Å². The Labute approximate surface area is 97.4 Å². The van der Waals surface area contributed by atoms with Gasteiger partial charge in [0, 0.05) is 10.3 Å². The van der Waals surface area contributed by atoms with Crippen molar-refractivity contribution in [1.29, 1.82) is 0 Å². The summed E-state index contributed by atoms with van der Waals surface area (Å²) in [5.74, 6) is 0. The molecule has 78 valence electrons. The number of H-pyrrole nitrogens is 1. The van der Waals surface area contributed by atoms with Crippen LogP contribution in [0, 0.1) is 4.64 Å². The Balaban J connectivity index is 2.34. The van der Waals surface area contributed by atoms with Gasteiger partial charge in [-0.05, 0) is 31.2 Å². The van der Waals surface area contributed by atoms with Crippen LogP contribution in [0.5, 0.6) is 0 Å². The molecular weight excluding hydrogens is 224 g/mol. The number of hydrogen-bond donors (Lipinski definition) is 1. The molecule has 0 saturated carbocycles. The third-order valence-corrected chi connectivity index (χ3v) is 4.53. The molecule has 2 aromatic rings. The van der Waals surface area contributed by atoms with Crippen molar-refractivity contribution in [1.82, 2.24) is 9.97 Å². The van der Waals surface area contributed by atoms with Gasteiger partial charge in [0.15, 0.2) is 0 Å². The molecule has 0 amide bonds. The van der Waals surface area contributed by atoms with Gasteiger partial charge < -0.3 is 4.98 Å². The SMILES string of the molecule is S=c1[nH]cnc2sc3c(c12)CCCCC3. The van der Waals surface area contributed by atoms with Gasteiger partial charge in [-0.3, -0.25) is 0 Å². The van der Waals surface area contributed by atoms with Gasteiger partial charge in [0.05, 0.1) is 6.33 Å². The lowest BCUT2D eigenvalue weighted by atomic mass is 10.1. The fraction of sp³-hybridized carbons (Fsp3) is 0.455. The van der Waals surface area contributed by atoms with Crippen LogP contribution in [0.25, 0.3) is 10.2 Å². The minimum atomic E-state index is 0.861. The predicted molar refractivity (Wildman–Crippen MR) is 66.1 cm³/mol. The Morgan fingerprint density at radius 1 is 1.27 bits per heavy atom. The normalized spacial score (nSPS) is 16.3. The van der Waals surface area contributed by atoms with E-state index in [0.717, 1.165) is 9.47 Å². The topological polar surface area (TPSA) is 28.7 Å². The molecule has 2 nitrogen and oxygen atoms in total. The zero-order chi connectivity index (χ0) is 10.3. The third kappa shape index (κ3) is 1.52. The Kier molecular flexibility index (Phi) is 2.33. The molecule has 15 heavy (non-hydrogen) atoms. The quantitative estimate of drug-likeness (QED) is 0.559. The molecule has 0 spiro atoms. The van der Waals surface area contributed by atoms with E-state index in [1.807, 2.05) is 11.3 Å². The van der Waals surface area contributed by atoms with Gasteiger partial charge in [0.2, 0.25) is 0 Å². The number of aromatic nitrogens is 2. The maximum absolute atomic E-state index is 5.35. The fourth-order valence-electron chi connectivity index (χ4n) is 2.28. The van der Waals surface area contributed by atoms with Gasteiger partial charge in [-0.25, -0.2) is 4.98 Å². The average Bonchev–Trinajstić information content (AvgIpc) is 2.43. The number of nitrogens with one attached hydrogen (secondary N) is 1. The Hall–Kier alpha value is -0.740. The van der Waals surface area contributed by atoms with Crippen LogP contribution >= 0.6 is 23.6 Å². The monoisotopic (exact) mass is 236 g/mol. The van der Waals surface area contributed by atoms with Crippen LogP contribution in [0.2, 0.25) is 0 Å². The number of hydrogen-bond acceptors (Lipinski definition) is 3. The van der Waals surface area contributed by atoms with Gasteiger partial charge in [-0.2, -0.15) is 0 Å². The Morgan fingerprint density at radius 2 is 2.13 bits per heavy atom. The number of thiophene rings is 1. The number of aromatic amines is 1. The van der Waals surface area contributed by atoms with E-state index in [2.05, 4.69) is 9.97 Å². The second kappa shape index (κ2) is 3.68. The summed E-state index contributed by atoms with van der Waals surface area (Å²) in [4.78, 5) is 10.0. The second-order valence-electron chi connectivity index (χ2n) is 3.98. The molecule has 0 bridgehead atoms. The van der Waals surface area contributed by atoms with Crippen LogP contribution < -0.4 is 0 Å². The summed E-state index contributed by atoms with van der Waals surface area (Å²) in [6.07, 6.45) is 8.06. The largest absolute Gasteiger partial charge is 0.337 e. The summed E-state index contributed by atoms with van der Waals surface area (Å²) >= 11 is 7.18. The molecule has 0 aliphatic heterocycles. The second-order valence-corrected chi connectivity index (χ2v) is 5.47. The third-order valence-electron chi connectivity index (χ3n) is 3.01. The van der Waals surface area contributed by atoms with E-state index in [1.165, 1.54) is 47.9 Å². The Morgan fingerprint density at radius 3 is 3.07 bits per heavy atom. The van der Waals surface area contributed by atoms with E-state index in [-0.39, 0.29) is 0 Å². The zero-order valence-corrected chi connectivity index (χ0v) is 10.0. The standard InChI is InChI=1S/C11H12N2S2/c14-10-9-7-4-2-1-3-5-8(7)15-11(9)13-6-12-10/h6H,1-5H2,(H,12,13,14). The highest BCUT2D eigenvalue weighted by molar-refractivity contribution is 7.71. The van der Waals surface area contributed by atoms with E-state index < -0.39 is 0 Å². The molecule has 0 fully saturated rings. The smallest absolute Gasteiger partial charge is 0.128 e. The van der Waals surface area contributed by atoms with Crippen molar-refractivity contribution in [2.45, 2.75) is 32.1 Å². The average molecular weight is 236 g/mol. The fourth-order valence-corrected chi connectivity index (χ4v) is 3.85. The molecule has 2 aromatic heterocycles. The van der Waals surface area contributed by atoms with Gasteiger partial charge >= 0.3 is 0 Å². The number of fused-ring (bicyclic) bond motifs is 3. The number of nitrogens with zero attached hydrogens (tertiary/aromatic N) is 1. The highest BCUT2D eigenvalue weighted by Crippen LogP contribution is 2.34. The summed E-state index contributed by atoms with van der Waals surface area (Å²) in [6.45, 7) is 0. The van der Waals surface area contributed by atoms with Crippen molar-refractivity contribution in [3.8, 4) is 0 Å². The molecule has 0 saturated heterocycles. The zero-order valence-electron chi connectivity index (χ0n) is 8.38. The first-order valence-electron chi connectivity index (χ1n) is 5.34. The lowest BCUT2D eigenvalue weighted by Gasteiger charge is -1.97. The van der Waals surface area contributed by atoms with E-state index in [4.69, 9.17) is 12.2 Å². The minimum absolute atomic E-state index is 0.861. The summed E-state index contributed by atoms with van der Waals surface area (Å²) in [5.41, 5.74) is 1.47. The highest BCUT2D eigenvalue weighted by atomic mass is 32.1. The van der Waals surface area contributed by atoms with Crippen LogP contribution in [0.3, 0.4) is 0 Å². The van der Waals surface area contributed by atoms with E-state index >= 15 is 0 Å². The summed E-state index contributed by atoms with van der Waals surface area (Å²) < 4.78 is 0.861. The van der Waals surface area contributed by atoms with Crippen molar-refractivity contribution in [2.24, 2.45) is 0 Å². The van der Waals surface area contributed by atoms with Crippen molar-refractivity contribution in [2.75, 3.05) is 0 Å². The van der Waals surface area contributed by atoms with Crippen LogP contribution in [0.15, 0.2) is 6.33 Å². The van der Waals surface area contributed by atoms with Crippen molar-refractivity contribution < 1.29 is 0 Å².